The van der Waals surface area contributed by atoms with Gasteiger partial charge in [0.2, 0.25) is 5.91 Å². The van der Waals surface area contributed by atoms with E-state index < -0.39 is 0 Å². The largest absolute Gasteiger partial charge is 0.489 e. The van der Waals surface area contributed by atoms with Gasteiger partial charge in [-0.05, 0) is 12.1 Å². The van der Waals surface area contributed by atoms with Crippen LogP contribution in [0.15, 0.2) is 18.2 Å². The van der Waals surface area contributed by atoms with Crippen LogP contribution in [-0.4, -0.2) is 38.6 Å². The van der Waals surface area contributed by atoms with Crippen molar-refractivity contribution in [2.45, 2.75) is 0 Å². The molecule has 6 nitrogen and oxygen atoms in total. The van der Waals surface area contributed by atoms with Gasteiger partial charge in [-0.25, -0.2) is 0 Å². The van der Waals surface area contributed by atoms with E-state index in [2.05, 4.69) is 16.0 Å². The quantitative estimate of drug-likeness (QED) is 0.702. The third kappa shape index (κ3) is 2.53. The first-order valence-electron chi connectivity index (χ1n) is 5.71. The summed E-state index contributed by atoms with van der Waals surface area (Å²) in [6.45, 7) is 1.19. The molecule has 0 spiro atoms. The molecule has 0 saturated carbocycles. The maximum absolute atomic E-state index is 11.9. The van der Waals surface area contributed by atoms with Crippen molar-refractivity contribution in [2.75, 3.05) is 32.1 Å². The zero-order valence-corrected chi connectivity index (χ0v) is 10.1. The molecule has 1 aliphatic rings. The predicted octanol–water partition coefficient (Wildman–Crippen LogP) is -0.0333. The summed E-state index contributed by atoms with van der Waals surface area (Å²) in [6.07, 6.45) is 0. The second-order valence-electron chi connectivity index (χ2n) is 3.81. The lowest BCUT2D eigenvalue weighted by Gasteiger charge is -2.21. The van der Waals surface area contributed by atoms with Gasteiger partial charge < -0.3 is 20.7 Å². The molecule has 1 heterocycles. The number of carbonyl (C=O) groups is 2. The Morgan fingerprint density at radius 3 is 3.06 bits per heavy atom. The van der Waals surface area contributed by atoms with Crippen molar-refractivity contribution < 1.29 is 14.3 Å². The Bertz CT molecular complexity index is 474. The van der Waals surface area contributed by atoms with Gasteiger partial charge in [0.1, 0.15) is 6.61 Å². The lowest BCUT2D eigenvalue weighted by atomic mass is 10.1. The normalized spacial score (nSPS) is 12.7. The maximum atomic E-state index is 11.9. The van der Waals surface area contributed by atoms with Gasteiger partial charge in [0.05, 0.1) is 17.8 Å². The molecule has 6 heteroatoms. The lowest BCUT2D eigenvalue weighted by Crippen LogP contribution is -2.35. The van der Waals surface area contributed by atoms with Crippen LogP contribution in [0.25, 0.3) is 0 Å². The summed E-state index contributed by atoms with van der Waals surface area (Å²) in [7, 11) is 1.52. The van der Waals surface area contributed by atoms with Gasteiger partial charge in [0.25, 0.3) is 5.91 Å². The van der Waals surface area contributed by atoms with Gasteiger partial charge >= 0.3 is 0 Å². The van der Waals surface area contributed by atoms with E-state index >= 15 is 0 Å². The van der Waals surface area contributed by atoms with Gasteiger partial charge in [-0.3, -0.25) is 9.59 Å². The van der Waals surface area contributed by atoms with Gasteiger partial charge in [-0.2, -0.15) is 0 Å². The van der Waals surface area contributed by atoms with Crippen LogP contribution >= 0.6 is 0 Å². The number of hydrogen-bond acceptors (Lipinski definition) is 4. The standard InChI is InChI=1S/C12H15N3O3/c1-13-10(16)7-15-12(17)8-3-2-4-9-11(8)18-6-5-14-9/h2-4,14H,5-7H2,1H3,(H,13,16)(H,15,17). The maximum Gasteiger partial charge on any atom is 0.255 e. The van der Waals surface area contributed by atoms with Crippen LogP contribution in [0.3, 0.4) is 0 Å². The highest BCUT2D eigenvalue weighted by Crippen LogP contribution is 2.30. The number of anilines is 1. The first-order valence-corrected chi connectivity index (χ1v) is 5.71. The van der Waals surface area contributed by atoms with E-state index in [1.54, 1.807) is 12.1 Å². The number of rotatable bonds is 3. The topological polar surface area (TPSA) is 79.5 Å². The summed E-state index contributed by atoms with van der Waals surface area (Å²) in [4.78, 5) is 23.0. The minimum Gasteiger partial charge on any atom is -0.489 e. The molecule has 2 rings (SSSR count). The first kappa shape index (κ1) is 12.2. The highest BCUT2D eigenvalue weighted by Gasteiger charge is 2.18. The Morgan fingerprint density at radius 1 is 1.44 bits per heavy atom. The number of fused-ring (bicyclic) bond motifs is 1. The summed E-state index contributed by atoms with van der Waals surface area (Å²) in [5.74, 6) is -0.0236. The Kier molecular flexibility index (Phi) is 3.66. The number of benzene rings is 1. The predicted molar refractivity (Wildman–Crippen MR) is 66.8 cm³/mol. The Labute approximate surface area is 105 Å². The van der Waals surface area contributed by atoms with Crippen LogP contribution in [0.2, 0.25) is 0 Å². The Balaban J connectivity index is 2.13. The zero-order chi connectivity index (χ0) is 13.0. The Morgan fingerprint density at radius 2 is 2.28 bits per heavy atom. The molecule has 0 radical (unpaired) electrons. The fraction of sp³-hybridized carbons (Fsp3) is 0.333. The van der Waals surface area contributed by atoms with E-state index in [9.17, 15) is 9.59 Å². The number of amides is 2. The van der Waals surface area contributed by atoms with Crippen molar-refractivity contribution in [1.82, 2.24) is 10.6 Å². The fourth-order valence-corrected chi connectivity index (χ4v) is 1.69. The van der Waals surface area contributed by atoms with Crippen LogP contribution in [0.1, 0.15) is 10.4 Å². The SMILES string of the molecule is CNC(=O)CNC(=O)c1cccc2c1OCCN2. The number of likely N-dealkylation sites (N-methyl/N-ethyl adjacent to an activating group) is 1. The minimum atomic E-state index is -0.320. The molecule has 0 unspecified atom stereocenters. The van der Waals surface area contributed by atoms with Gasteiger partial charge in [-0.1, -0.05) is 6.07 Å². The van der Waals surface area contributed by atoms with E-state index in [1.807, 2.05) is 6.07 Å². The van der Waals surface area contributed by atoms with Crippen molar-refractivity contribution in [1.29, 1.82) is 0 Å². The molecule has 0 aliphatic carbocycles. The lowest BCUT2D eigenvalue weighted by molar-refractivity contribution is -0.119. The number of carbonyl (C=O) groups excluding carboxylic acids is 2. The molecule has 0 aromatic heterocycles. The fourth-order valence-electron chi connectivity index (χ4n) is 1.69. The van der Waals surface area contributed by atoms with E-state index in [1.165, 1.54) is 7.05 Å². The molecular formula is C12H15N3O3. The second kappa shape index (κ2) is 5.39. The van der Waals surface area contributed by atoms with Crippen LogP contribution in [-0.2, 0) is 4.79 Å². The highest BCUT2D eigenvalue weighted by molar-refractivity contribution is 6.00. The minimum absolute atomic E-state index is 0.0492. The number of nitrogens with one attached hydrogen (secondary N) is 3. The van der Waals surface area contributed by atoms with Gasteiger partial charge in [0.15, 0.2) is 5.75 Å². The molecule has 0 bridgehead atoms. The van der Waals surface area contributed by atoms with Crippen molar-refractivity contribution in [3.8, 4) is 5.75 Å². The number of hydrogen-bond donors (Lipinski definition) is 3. The van der Waals surface area contributed by atoms with E-state index in [0.717, 1.165) is 12.2 Å². The molecule has 1 aromatic rings. The Hall–Kier alpha value is -2.24. The number of ether oxygens (including phenoxy) is 1. The van der Waals surface area contributed by atoms with Crippen LogP contribution in [0, 0.1) is 0 Å². The first-order chi connectivity index (χ1) is 8.72. The molecule has 1 aromatic carbocycles. The monoisotopic (exact) mass is 249 g/mol. The van der Waals surface area contributed by atoms with E-state index in [-0.39, 0.29) is 18.4 Å². The average Bonchev–Trinajstić information content (AvgIpc) is 2.43. The highest BCUT2D eigenvalue weighted by atomic mass is 16.5. The number of para-hydroxylation sites is 1. The van der Waals surface area contributed by atoms with Gasteiger partial charge in [-0.15, -0.1) is 0 Å². The smallest absolute Gasteiger partial charge is 0.255 e. The summed E-state index contributed by atoms with van der Waals surface area (Å²) in [5, 5.41) is 8.13. The van der Waals surface area contributed by atoms with E-state index in [0.29, 0.717) is 17.9 Å². The molecule has 0 saturated heterocycles. The van der Waals surface area contributed by atoms with Crippen LogP contribution < -0.4 is 20.7 Å². The molecular weight excluding hydrogens is 234 g/mol. The van der Waals surface area contributed by atoms with Crippen molar-refractivity contribution in [2.24, 2.45) is 0 Å². The van der Waals surface area contributed by atoms with E-state index in [4.69, 9.17) is 4.74 Å². The molecule has 18 heavy (non-hydrogen) atoms. The summed E-state index contributed by atoms with van der Waals surface area (Å²) in [6, 6.07) is 5.30. The molecule has 96 valence electrons. The molecule has 0 fully saturated rings. The van der Waals surface area contributed by atoms with Crippen molar-refractivity contribution in [3.05, 3.63) is 23.8 Å². The third-order valence-electron chi connectivity index (χ3n) is 2.61. The molecule has 1 aliphatic heterocycles. The van der Waals surface area contributed by atoms with Crippen LogP contribution in [0.4, 0.5) is 5.69 Å². The summed E-state index contributed by atoms with van der Waals surface area (Å²) >= 11 is 0. The molecule has 2 amide bonds. The summed E-state index contributed by atoms with van der Waals surface area (Å²) in [5.41, 5.74) is 1.23. The molecule has 0 atom stereocenters. The summed E-state index contributed by atoms with van der Waals surface area (Å²) < 4.78 is 5.48. The van der Waals surface area contributed by atoms with Crippen molar-refractivity contribution in [3.63, 3.8) is 0 Å². The molecule has 3 N–H and O–H groups in total. The second-order valence-corrected chi connectivity index (χ2v) is 3.81. The van der Waals surface area contributed by atoms with Crippen LogP contribution in [0.5, 0.6) is 5.75 Å². The van der Waals surface area contributed by atoms with Gasteiger partial charge in [0, 0.05) is 13.6 Å². The zero-order valence-electron chi connectivity index (χ0n) is 10.1. The van der Waals surface area contributed by atoms with Crippen molar-refractivity contribution >= 4 is 17.5 Å². The average molecular weight is 249 g/mol. The third-order valence-corrected chi connectivity index (χ3v) is 2.61.